The van der Waals surface area contributed by atoms with Crippen LogP contribution in [0.1, 0.15) is 65.2 Å². The van der Waals surface area contributed by atoms with Crippen LogP contribution in [-0.4, -0.2) is 50.3 Å². The van der Waals surface area contributed by atoms with E-state index < -0.39 is 0 Å². The third-order valence-corrected chi connectivity index (χ3v) is 5.70. The molecule has 1 saturated heterocycles. The summed E-state index contributed by atoms with van der Waals surface area (Å²) >= 11 is 0. The zero-order valence-electron chi connectivity index (χ0n) is 15.5. The Kier molecular flexibility index (Phi) is 8.21. The molecule has 2 rings (SSSR count). The van der Waals surface area contributed by atoms with Crippen LogP contribution in [-0.2, 0) is 4.74 Å². The maximum atomic E-state index is 6.17. The summed E-state index contributed by atoms with van der Waals surface area (Å²) in [6, 6.07) is 0. The molecule has 0 spiro atoms. The molecule has 23 heavy (non-hydrogen) atoms. The van der Waals surface area contributed by atoms with Crippen molar-refractivity contribution in [3.05, 3.63) is 0 Å². The van der Waals surface area contributed by atoms with Crippen molar-refractivity contribution < 1.29 is 4.74 Å². The van der Waals surface area contributed by atoms with Crippen LogP contribution in [0.4, 0.5) is 0 Å². The Morgan fingerprint density at radius 1 is 1.13 bits per heavy atom. The summed E-state index contributed by atoms with van der Waals surface area (Å²) in [6.45, 7) is 8.71. The fourth-order valence-electron chi connectivity index (χ4n) is 3.83. The van der Waals surface area contributed by atoms with Crippen LogP contribution in [0.2, 0.25) is 0 Å². The molecule has 1 saturated carbocycles. The first kappa shape index (κ1) is 18.6. The van der Waals surface area contributed by atoms with Gasteiger partial charge in [0.2, 0.25) is 0 Å². The second kappa shape index (κ2) is 10.2. The van der Waals surface area contributed by atoms with Crippen LogP contribution in [0.15, 0.2) is 4.99 Å². The maximum absolute atomic E-state index is 6.17. The van der Waals surface area contributed by atoms with Crippen LogP contribution in [0.5, 0.6) is 0 Å². The molecule has 0 amide bonds. The lowest BCUT2D eigenvalue weighted by molar-refractivity contribution is 0.000995. The number of rotatable bonds is 7. The number of hydrogen-bond donors (Lipinski definition) is 1. The normalized spacial score (nSPS) is 21.4. The monoisotopic (exact) mass is 323 g/mol. The zero-order chi connectivity index (χ0) is 16.5. The highest BCUT2D eigenvalue weighted by atomic mass is 16.5. The second-order valence-corrected chi connectivity index (χ2v) is 7.28. The Labute approximate surface area is 143 Å². The number of nitrogens with one attached hydrogen (secondary N) is 1. The van der Waals surface area contributed by atoms with E-state index in [1.165, 1.54) is 38.5 Å². The average molecular weight is 324 g/mol. The van der Waals surface area contributed by atoms with Gasteiger partial charge in [-0.05, 0) is 37.5 Å². The van der Waals surface area contributed by atoms with Crippen molar-refractivity contribution in [1.29, 1.82) is 0 Å². The number of piperidine rings is 1. The van der Waals surface area contributed by atoms with Crippen molar-refractivity contribution in [2.45, 2.75) is 71.3 Å². The van der Waals surface area contributed by atoms with Gasteiger partial charge in [0.15, 0.2) is 5.96 Å². The molecule has 0 aromatic heterocycles. The molecule has 2 aliphatic rings. The van der Waals surface area contributed by atoms with Gasteiger partial charge in [-0.2, -0.15) is 0 Å². The molecule has 1 aliphatic heterocycles. The minimum absolute atomic E-state index is 0.462. The predicted molar refractivity (Wildman–Crippen MR) is 97.9 cm³/mol. The molecular formula is C19H37N3O. The molecule has 0 unspecified atom stereocenters. The highest BCUT2D eigenvalue weighted by molar-refractivity contribution is 5.79. The molecule has 4 nitrogen and oxygen atoms in total. The Morgan fingerprint density at radius 3 is 2.35 bits per heavy atom. The van der Waals surface area contributed by atoms with Crippen LogP contribution < -0.4 is 5.32 Å². The third-order valence-electron chi connectivity index (χ3n) is 5.70. The minimum Gasteiger partial charge on any atom is -0.378 e. The summed E-state index contributed by atoms with van der Waals surface area (Å²) in [4.78, 5) is 6.88. The lowest BCUT2D eigenvalue weighted by Crippen LogP contribution is -2.48. The number of nitrogens with zero attached hydrogens (tertiary/aromatic N) is 2. The number of guanidine groups is 1. The quantitative estimate of drug-likeness (QED) is 0.574. The third kappa shape index (κ3) is 5.98. The number of likely N-dealkylation sites (tertiary alicyclic amines) is 1. The van der Waals surface area contributed by atoms with E-state index in [0.717, 1.165) is 56.9 Å². The Morgan fingerprint density at radius 2 is 1.78 bits per heavy atom. The van der Waals surface area contributed by atoms with Crippen molar-refractivity contribution in [3.8, 4) is 0 Å². The van der Waals surface area contributed by atoms with Gasteiger partial charge in [0.05, 0.1) is 6.10 Å². The first-order chi connectivity index (χ1) is 11.3. The molecule has 2 fully saturated rings. The van der Waals surface area contributed by atoms with Crippen molar-refractivity contribution in [2.24, 2.45) is 16.8 Å². The number of aliphatic imine (C=N–C) groups is 1. The van der Waals surface area contributed by atoms with Gasteiger partial charge >= 0.3 is 0 Å². The van der Waals surface area contributed by atoms with Gasteiger partial charge in [-0.25, -0.2) is 0 Å². The molecule has 1 aliphatic carbocycles. The van der Waals surface area contributed by atoms with Crippen molar-refractivity contribution in [1.82, 2.24) is 10.2 Å². The number of ether oxygens (including phenoxy) is 1. The lowest BCUT2D eigenvalue weighted by atomic mass is 10.0. The fraction of sp³-hybridized carbons (Fsp3) is 0.947. The van der Waals surface area contributed by atoms with Gasteiger partial charge in [-0.3, -0.25) is 4.99 Å². The van der Waals surface area contributed by atoms with E-state index in [0.29, 0.717) is 6.10 Å². The summed E-state index contributed by atoms with van der Waals surface area (Å²) in [5, 5.41) is 3.57. The lowest BCUT2D eigenvalue weighted by Gasteiger charge is -2.35. The molecule has 0 radical (unpaired) electrons. The van der Waals surface area contributed by atoms with E-state index in [1.54, 1.807) is 0 Å². The molecule has 0 atom stereocenters. The highest BCUT2D eigenvalue weighted by Crippen LogP contribution is 2.26. The van der Waals surface area contributed by atoms with Crippen LogP contribution in [0.25, 0.3) is 0 Å². The second-order valence-electron chi connectivity index (χ2n) is 7.28. The maximum Gasteiger partial charge on any atom is 0.193 e. The van der Waals surface area contributed by atoms with E-state index >= 15 is 0 Å². The van der Waals surface area contributed by atoms with E-state index in [1.807, 2.05) is 7.05 Å². The van der Waals surface area contributed by atoms with Crippen molar-refractivity contribution >= 4 is 5.96 Å². The summed E-state index contributed by atoms with van der Waals surface area (Å²) in [5.74, 6) is 2.66. The summed E-state index contributed by atoms with van der Waals surface area (Å²) in [5.41, 5.74) is 0. The molecule has 134 valence electrons. The first-order valence-electron chi connectivity index (χ1n) is 9.84. The standard InChI is InChI=1S/C19H37N3O/c1-4-16(5-2)14-21-19(20-3)22-12-10-18(11-13-22)23-15-17-8-6-7-9-17/h16-18H,4-15H2,1-3H3,(H,20,21). The molecule has 1 N–H and O–H groups in total. The van der Waals surface area contributed by atoms with Gasteiger partial charge < -0.3 is 15.0 Å². The highest BCUT2D eigenvalue weighted by Gasteiger charge is 2.24. The van der Waals surface area contributed by atoms with Gasteiger partial charge in [0.1, 0.15) is 0 Å². The smallest absolute Gasteiger partial charge is 0.193 e. The fourth-order valence-corrected chi connectivity index (χ4v) is 3.83. The van der Waals surface area contributed by atoms with Gasteiger partial charge in [0.25, 0.3) is 0 Å². The topological polar surface area (TPSA) is 36.9 Å². The molecule has 0 bridgehead atoms. The average Bonchev–Trinajstić information content (AvgIpc) is 3.11. The minimum atomic E-state index is 0.462. The van der Waals surface area contributed by atoms with Crippen LogP contribution >= 0.6 is 0 Å². The Bertz CT molecular complexity index is 341. The van der Waals surface area contributed by atoms with E-state index in [2.05, 4.69) is 29.1 Å². The Hall–Kier alpha value is -0.770. The predicted octanol–water partition coefficient (Wildman–Crippen LogP) is 3.67. The molecule has 0 aromatic rings. The molecule has 1 heterocycles. The molecule has 4 heteroatoms. The number of hydrogen-bond acceptors (Lipinski definition) is 2. The SMILES string of the molecule is CCC(CC)CNC(=NC)N1CCC(OCC2CCCC2)CC1. The molecule has 0 aromatic carbocycles. The summed E-state index contributed by atoms with van der Waals surface area (Å²) in [7, 11) is 1.90. The largest absolute Gasteiger partial charge is 0.378 e. The van der Waals surface area contributed by atoms with Crippen LogP contribution in [0.3, 0.4) is 0 Å². The van der Waals surface area contributed by atoms with E-state index in [9.17, 15) is 0 Å². The summed E-state index contributed by atoms with van der Waals surface area (Å²) < 4.78 is 6.17. The molecular weight excluding hydrogens is 286 g/mol. The summed E-state index contributed by atoms with van der Waals surface area (Å²) in [6.07, 6.45) is 10.8. The van der Waals surface area contributed by atoms with Crippen molar-refractivity contribution in [2.75, 3.05) is 33.3 Å². The van der Waals surface area contributed by atoms with E-state index in [-0.39, 0.29) is 0 Å². The van der Waals surface area contributed by atoms with Gasteiger partial charge in [-0.1, -0.05) is 39.5 Å². The van der Waals surface area contributed by atoms with Gasteiger partial charge in [-0.15, -0.1) is 0 Å². The van der Waals surface area contributed by atoms with Gasteiger partial charge in [0, 0.05) is 33.3 Å². The van der Waals surface area contributed by atoms with E-state index in [4.69, 9.17) is 4.74 Å². The zero-order valence-corrected chi connectivity index (χ0v) is 15.5. The van der Waals surface area contributed by atoms with Crippen molar-refractivity contribution in [3.63, 3.8) is 0 Å². The first-order valence-corrected chi connectivity index (χ1v) is 9.84. The Balaban J connectivity index is 1.67. The van der Waals surface area contributed by atoms with Crippen LogP contribution in [0, 0.1) is 11.8 Å².